The minimum absolute atomic E-state index is 0.0480. The van der Waals surface area contributed by atoms with Crippen molar-refractivity contribution in [1.82, 2.24) is 9.78 Å². The molecule has 0 saturated heterocycles. The smallest absolute Gasteiger partial charge is 0.268 e. The Morgan fingerprint density at radius 3 is 2.69 bits per heavy atom. The molecule has 1 heterocycles. The monoisotopic (exact) mass is 332 g/mol. The molecule has 1 aliphatic rings. The van der Waals surface area contributed by atoms with Gasteiger partial charge in [0, 0.05) is 9.64 Å². The first-order chi connectivity index (χ1) is 7.70. The average Bonchev–Trinajstić information content (AvgIpc) is 2.29. The molecular weight excluding hydrogens is 315 g/mol. The zero-order valence-corrected chi connectivity index (χ0v) is 11.7. The maximum atomic E-state index is 11.8. The van der Waals surface area contributed by atoms with Gasteiger partial charge in [0.05, 0.1) is 12.2 Å². The van der Waals surface area contributed by atoms with E-state index in [1.54, 1.807) is 16.9 Å². The Hall–Kier alpha value is -0.390. The number of aromatic nitrogens is 2. The van der Waals surface area contributed by atoms with Crippen molar-refractivity contribution in [2.45, 2.75) is 45.1 Å². The predicted molar refractivity (Wildman–Crippen MR) is 72.5 cm³/mol. The number of rotatable bonds is 2. The van der Waals surface area contributed by atoms with Crippen molar-refractivity contribution in [3.63, 3.8) is 0 Å². The summed E-state index contributed by atoms with van der Waals surface area (Å²) in [5.74, 6) is 0.857. The van der Waals surface area contributed by atoms with Crippen LogP contribution in [0.3, 0.4) is 0 Å². The fraction of sp³-hybridized carbons (Fsp3) is 0.667. The third-order valence-corrected chi connectivity index (χ3v) is 4.12. The maximum Gasteiger partial charge on any atom is 0.268 e. The fourth-order valence-electron chi connectivity index (χ4n) is 2.47. The first-order valence-corrected chi connectivity index (χ1v) is 7.03. The van der Waals surface area contributed by atoms with Crippen molar-refractivity contribution in [3.05, 3.63) is 26.2 Å². The van der Waals surface area contributed by atoms with Gasteiger partial charge >= 0.3 is 0 Å². The Morgan fingerprint density at radius 2 is 2.12 bits per heavy atom. The molecule has 0 spiro atoms. The first-order valence-electron chi connectivity index (χ1n) is 5.95. The Kier molecular flexibility index (Phi) is 4.00. The van der Waals surface area contributed by atoms with E-state index in [1.165, 1.54) is 19.3 Å². The van der Waals surface area contributed by atoms with Crippen LogP contribution in [0.25, 0.3) is 0 Å². The van der Waals surface area contributed by atoms with Gasteiger partial charge in [-0.3, -0.25) is 4.79 Å². The predicted octanol–water partition coefficient (Wildman–Crippen LogP) is 2.99. The second kappa shape index (κ2) is 5.29. The molecule has 1 aromatic heterocycles. The van der Waals surface area contributed by atoms with Gasteiger partial charge in [-0.25, -0.2) is 4.68 Å². The van der Waals surface area contributed by atoms with Crippen LogP contribution >= 0.6 is 22.6 Å². The highest BCUT2D eigenvalue weighted by Crippen LogP contribution is 2.32. The van der Waals surface area contributed by atoms with Gasteiger partial charge in [-0.2, -0.15) is 5.10 Å². The van der Waals surface area contributed by atoms with E-state index in [0.29, 0.717) is 6.04 Å². The molecule has 0 aromatic carbocycles. The van der Waals surface area contributed by atoms with E-state index in [0.717, 1.165) is 22.3 Å². The molecule has 0 unspecified atom stereocenters. The van der Waals surface area contributed by atoms with E-state index in [2.05, 4.69) is 34.6 Å². The van der Waals surface area contributed by atoms with Gasteiger partial charge < -0.3 is 0 Å². The third-order valence-electron chi connectivity index (χ3n) is 3.53. The second-order valence-electron chi connectivity index (χ2n) is 4.54. The molecule has 0 bridgehead atoms. The van der Waals surface area contributed by atoms with Gasteiger partial charge in [-0.15, -0.1) is 0 Å². The molecule has 0 N–H and O–H groups in total. The number of nitrogens with zero attached hydrogens (tertiary/aromatic N) is 2. The van der Waals surface area contributed by atoms with E-state index in [9.17, 15) is 4.79 Å². The molecule has 1 saturated carbocycles. The summed E-state index contributed by atoms with van der Waals surface area (Å²) in [6.07, 6.45) is 7.72. The zero-order chi connectivity index (χ0) is 11.5. The Balaban J connectivity index is 2.11. The molecule has 2 rings (SSSR count). The molecule has 4 heteroatoms. The highest BCUT2D eigenvalue weighted by Gasteiger charge is 2.22. The lowest BCUT2D eigenvalue weighted by Crippen LogP contribution is -2.29. The summed E-state index contributed by atoms with van der Waals surface area (Å²) in [5.41, 5.74) is 0.0480. The summed E-state index contributed by atoms with van der Waals surface area (Å²) in [4.78, 5) is 11.8. The van der Waals surface area contributed by atoms with Crippen molar-refractivity contribution < 1.29 is 0 Å². The van der Waals surface area contributed by atoms with Crippen molar-refractivity contribution >= 4 is 22.6 Å². The largest absolute Gasteiger partial charge is 0.268 e. The van der Waals surface area contributed by atoms with Crippen LogP contribution in [0, 0.1) is 9.49 Å². The molecule has 1 aliphatic carbocycles. The summed E-state index contributed by atoms with van der Waals surface area (Å²) >= 11 is 2.13. The molecule has 0 radical (unpaired) electrons. The Bertz CT molecular complexity index is 408. The van der Waals surface area contributed by atoms with E-state index >= 15 is 0 Å². The van der Waals surface area contributed by atoms with Gasteiger partial charge in [0.15, 0.2) is 0 Å². The van der Waals surface area contributed by atoms with Crippen molar-refractivity contribution in [1.29, 1.82) is 0 Å². The van der Waals surface area contributed by atoms with E-state index in [-0.39, 0.29) is 5.56 Å². The van der Waals surface area contributed by atoms with E-state index < -0.39 is 0 Å². The summed E-state index contributed by atoms with van der Waals surface area (Å²) < 4.78 is 2.59. The fourth-order valence-corrected chi connectivity index (χ4v) is 2.86. The molecule has 1 aromatic rings. The normalized spacial score (nSPS) is 25.6. The van der Waals surface area contributed by atoms with Crippen LogP contribution < -0.4 is 5.56 Å². The highest BCUT2D eigenvalue weighted by molar-refractivity contribution is 14.1. The topological polar surface area (TPSA) is 34.9 Å². The van der Waals surface area contributed by atoms with Crippen LogP contribution in [0.5, 0.6) is 0 Å². The van der Waals surface area contributed by atoms with Crippen LogP contribution in [0.2, 0.25) is 0 Å². The standard InChI is InChI=1S/C12H17IN2O/c1-2-9-3-5-11(6-4-9)15-12(16)7-10(13)8-14-15/h7-9,11H,2-6H2,1H3. The van der Waals surface area contributed by atoms with Gasteiger partial charge in [0.1, 0.15) is 0 Å². The third kappa shape index (κ3) is 2.64. The summed E-state index contributed by atoms with van der Waals surface area (Å²) in [5, 5.41) is 4.25. The van der Waals surface area contributed by atoms with E-state index in [1.807, 2.05) is 0 Å². The van der Waals surface area contributed by atoms with Gasteiger partial charge in [-0.1, -0.05) is 13.3 Å². The molecule has 16 heavy (non-hydrogen) atoms. The second-order valence-corrected chi connectivity index (χ2v) is 5.79. The minimum Gasteiger partial charge on any atom is -0.268 e. The molecule has 0 atom stereocenters. The summed E-state index contributed by atoms with van der Waals surface area (Å²) in [7, 11) is 0. The van der Waals surface area contributed by atoms with Gasteiger partial charge in [0.2, 0.25) is 0 Å². The van der Waals surface area contributed by atoms with Crippen LogP contribution in [0.15, 0.2) is 17.1 Å². The molecule has 1 fully saturated rings. The lowest BCUT2D eigenvalue weighted by atomic mass is 9.84. The van der Waals surface area contributed by atoms with Crippen LogP contribution in [-0.4, -0.2) is 9.78 Å². The maximum absolute atomic E-state index is 11.8. The lowest BCUT2D eigenvalue weighted by Gasteiger charge is -2.28. The Morgan fingerprint density at radius 1 is 1.44 bits per heavy atom. The molecular formula is C12H17IN2O. The first kappa shape index (κ1) is 12.1. The zero-order valence-electron chi connectivity index (χ0n) is 9.53. The van der Waals surface area contributed by atoms with Crippen molar-refractivity contribution in [2.24, 2.45) is 5.92 Å². The quantitative estimate of drug-likeness (QED) is 0.781. The number of hydrogen-bond donors (Lipinski definition) is 0. The van der Waals surface area contributed by atoms with Crippen molar-refractivity contribution in [3.8, 4) is 0 Å². The van der Waals surface area contributed by atoms with Gasteiger partial charge in [-0.05, 0) is 54.2 Å². The Labute approximate surface area is 109 Å². The minimum atomic E-state index is 0.0480. The molecule has 0 amide bonds. The lowest BCUT2D eigenvalue weighted by molar-refractivity contribution is 0.250. The molecule has 3 nitrogen and oxygen atoms in total. The SMILES string of the molecule is CCC1CCC(n2ncc(I)cc2=O)CC1. The molecule has 88 valence electrons. The van der Waals surface area contributed by atoms with Crippen molar-refractivity contribution in [2.75, 3.05) is 0 Å². The number of halogens is 1. The highest BCUT2D eigenvalue weighted by atomic mass is 127. The molecule has 0 aliphatic heterocycles. The average molecular weight is 332 g/mol. The van der Waals surface area contributed by atoms with Crippen LogP contribution in [0.1, 0.15) is 45.1 Å². The van der Waals surface area contributed by atoms with Crippen LogP contribution in [-0.2, 0) is 0 Å². The van der Waals surface area contributed by atoms with E-state index in [4.69, 9.17) is 0 Å². The van der Waals surface area contributed by atoms with Crippen LogP contribution in [0.4, 0.5) is 0 Å². The van der Waals surface area contributed by atoms with Gasteiger partial charge in [0.25, 0.3) is 5.56 Å². The summed E-state index contributed by atoms with van der Waals surface area (Å²) in [6.45, 7) is 2.25. The summed E-state index contributed by atoms with van der Waals surface area (Å²) in [6, 6.07) is 1.99. The number of hydrogen-bond acceptors (Lipinski definition) is 2.